The Morgan fingerprint density at radius 1 is 1.17 bits per heavy atom. The first-order valence-corrected chi connectivity index (χ1v) is 10.5. The minimum absolute atomic E-state index is 0.0637. The van der Waals surface area contributed by atoms with Crippen LogP contribution in [0.5, 0.6) is 5.88 Å². The number of amides is 3. The fraction of sp³-hybridized carbons (Fsp3) is 0.350. The Kier molecular flexibility index (Phi) is 5.91. The van der Waals surface area contributed by atoms with Gasteiger partial charge in [-0.15, -0.1) is 0 Å². The molecule has 0 saturated carbocycles. The molecule has 1 aromatic heterocycles. The van der Waals surface area contributed by atoms with Crippen LogP contribution in [0.4, 0.5) is 10.5 Å². The molecule has 2 aliphatic heterocycles. The Morgan fingerprint density at radius 3 is 2.69 bits per heavy atom. The number of nitrogens with zero attached hydrogens (tertiary/aromatic N) is 4. The second-order valence-electron chi connectivity index (χ2n) is 7.02. The predicted molar refractivity (Wildman–Crippen MR) is 113 cm³/mol. The fourth-order valence-corrected chi connectivity index (χ4v) is 3.87. The number of ether oxygens (including phenoxy) is 1. The monoisotopic (exact) mass is 478 g/mol. The van der Waals surface area contributed by atoms with E-state index >= 15 is 0 Å². The predicted octanol–water partition coefficient (Wildman–Crippen LogP) is 3.42. The first kappa shape index (κ1) is 20.0. The van der Waals surface area contributed by atoms with Gasteiger partial charge in [-0.25, -0.2) is 9.78 Å². The Balaban J connectivity index is 1.30. The molecule has 0 N–H and O–H groups in total. The van der Waals surface area contributed by atoms with Crippen molar-refractivity contribution in [1.29, 1.82) is 0 Å². The quantitative estimate of drug-likeness (QED) is 0.659. The number of anilines is 1. The topological polar surface area (TPSA) is 66.0 Å². The summed E-state index contributed by atoms with van der Waals surface area (Å²) in [5, 5.41) is 0.622. The van der Waals surface area contributed by atoms with Gasteiger partial charge in [0.25, 0.3) is 0 Å². The zero-order chi connectivity index (χ0) is 20.4. The first-order valence-electron chi connectivity index (χ1n) is 9.37. The maximum Gasteiger partial charge on any atom is 0.325 e. The molecule has 3 heterocycles. The minimum Gasteiger partial charge on any atom is -0.472 e. The normalized spacial score (nSPS) is 19.2. The van der Waals surface area contributed by atoms with Gasteiger partial charge in [0, 0.05) is 53.5 Å². The zero-order valence-electron chi connectivity index (χ0n) is 15.6. The van der Waals surface area contributed by atoms with E-state index in [4.69, 9.17) is 16.3 Å². The van der Waals surface area contributed by atoms with Crippen LogP contribution in [0.2, 0.25) is 5.02 Å². The molecule has 0 bridgehead atoms. The first-order chi connectivity index (χ1) is 14.0. The minimum atomic E-state index is -0.160. The number of aromatic nitrogens is 1. The third-order valence-corrected chi connectivity index (χ3v) is 5.77. The van der Waals surface area contributed by atoms with Gasteiger partial charge in [0.1, 0.15) is 12.6 Å². The number of carbonyl (C=O) groups is 2. The highest BCUT2D eigenvalue weighted by atomic mass is 79.9. The number of pyridine rings is 1. The third kappa shape index (κ3) is 4.64. The van der Waals surface area contributed by atoms with Crippen molar-refractivity contribution in [3.63, 3.8) is 0 Å². The third-order valence-electron chi connectivity index (χ3n) is 5.04. The van der Waals surface area contributed by atoms with Gasteiger partial charge in [0.2, 0.25) is 11.8 Å². The molecule has 29 heavy (non-hydrogen) atoms. The lowest BCUT2D eigenvalue weighted by Crippen LogP contribution is -2.42. The van der Waals surface area contributed by atoms with E-state index in [1.807, 2.05) is 18.2 Å². The van der Waals surface area contributed by atoms with E-state index in [2.05, 4.69) is 20.9 Å². The molecule has 0 radical (unpaired) electrons. The Labute approximate surface area is 182 Å². The number of likely N-dealkylation sites (tertiary alicyclic amines) is 1. The van der Waals surface area contributed by atoms with Crippen LogP contribution in [-0.2, 0) is 4.79 Å². The molecule has 0 spiro atoms. The molecule has 3 amide bonds. The van der Waals surface area contributed by atoms with Crippen LogP contribution in [0, 0.1) is 0 Å². The Bertz CT molecular complexity index is 894. The van der Waals surface area contributed by atoms with Crippen molar-refractivity contribution in [3.8, 4) is 5.88 Å². The SMILES string of the molecule is O=C(CN1CCN(c2ccc(Cl)cc2)C1=O)N1CCC(Oc2ccc(Br)cn2)C1. The number of carbonyl (C=O) groups excluding carboxylic acids is 2. The summed E-state index contributed by atoms with van der Waals surface area (Å²) in [6.45, 7) is 2.26. The molecule has 2 fully saturated rings. The van der Waals surface area contributed by atoms with Crippen molar-refractivity contribution >= 4 is 45.2 Å². The van der Waals surface area contributed by atoms with Gasteiger partial charge in [-0.2, -0.15) is 0 Å². The summed E-state index contributed by atoms with van der Waals surface area (Å²) in [7, 11) is 0. The average Bonchev–Trinajstić information content (AvgIpc) is 3.32. The summed E-state index contributed by atoms with van der Waals surface area (Å²) in [6, 6.07) is 10.6. The molecule has 1 aromatic carbocycles. The Morgan fingerprint density at radius 2 is 1.97 bits per heavy atom. The van der Waals surface area contributed by atoms with Crippen LogP contribution in [0.25, 0.3) is 0 Å². The maximum atomic E-state index is 12.7. The van der Waals surface area contributed by atoms with Crippen LogP contribution in [0.3, 0.4) is 0 Å². The maximum absolute atomic E-state index is 12.7. The molecule has 7 nitrogen and oxygen atoms in total. The summed E-state index contributed by atoms with van der Waals surface area (Å²) < 4.78 is 6.75. The van der Waals surface area contributed by atoms with E-state index < -0.39 is 0 Å². The number of hydrogen-bond donors (Lipinski definition) is 0. The van der Waals surface area contributed by atoms with Crippen LogP contribution >= 0.6 is 27.5 Å². The molecule has 1 atom stereocenters. The van der Waals surface area contributed by atoms with Crippen LogP contribution in [-0.4, -0.2) is 65.5 Å². The summed E-state index contributed by atoms with van der Waals surface area (Å²) >= 11 is 9.26. The van der Waals surface area contributed by atoms with Crippen molar-refractivity contribution in [2.24, 2.45) is 0 Å². The van der Waals surface area contributed by atoms with Gasteiger partial charge in [0.15, 0.2) is 0 Å². The highest BCUT2D eigenvalue weighted by molar-refractivity contribution is 9.10. The van der Waals surface area contributed by atoms with Gasteiger partial charge in [-0.1, -0.05) is 11.6 Å². The number of benzene rings is 1. The van der Waals surface area contributed by atoms with Gasteiger partial charge in [-0.05, 0) is 46.3 Å². The lowest BCUT2D eigenvalue weighted by molar-refractivity contribution is -0.130. The molecule has 0 aliphatic carbocycles. The molecule has 4 rings (SSSR count). The van der Waals surface area contributed by atoms with E-state index in [9.17, 15) is 9.59 Å². The smallest absolute Gasteiger partial charge is 0.325 e. The summed E-state index contributed by atoms with van der Waals surface area (Å²) in [5.74, 6) is 0.479. The number of hydrogen-bond acceptors (Lipinski definition) is 4. The molecule has 2 aliphatic rings. The van der Waals surface area contributed by atoms with Crippen LogP contribution < -0.4 is 9.64 Å². The molecule has 2 saturated heterocycles. The van der Waals surface area contributed by atoms with Crippen molar-refractivity contribution in [2.75, 3.05) is 37.6 Å². The van der Waals surface area contributed by atoms with Crippen molar-refractivity contribution in [2.45, 2.75) is 12.5 Å². The standard InChI is InChI=1S/C20H20BrClN4O3/c21-14-1-6-18(23-11-14)29-17-7-8-24(12-17)19(27)13-25-9-10-26(20(25)28)16-4-2-15(22)3-5-16/h1-6,11,17H,7-10,12-13H2. The number of urea groups is 1. The second-order valence-corrected chi connectivity index (χ2v) is 8.37. The van der Waals surface area contributed by atoms with E-state index in [0.717, 1.165) is 16.6 Å². The highest BCUT2D eigenvalue weighted by Gasteiger charge is 2.34. The van der Waals surface area contributed by atoms with Gasteiger partial charge in [-0.3, -0.25) is 9.69 Å². The molecule has 2 aromatic rings. The van der Waals surface area contributed by atoms with Crippen LogP contribution in [0.1, 0.15) is 6.42 Å². The van der Waals surface area contributed by atoms with Gasteiger partial charge in [0.05, 0.1) is 6.54 Å². The molecule has 1 unspecified atom stereocenters. The summed E-state index contributed by atoms with van der Waals surface area (Å²) in [6.07, 6.45) is 2.33. The van der Waals surface area contributed by atoms with Crippen molar-refractivity contribution < 1.29 is 14.3 Å². The lowest BCUT2D eigenvalue weighted by Gasteiger charge is -2.22. The van der Waals surface area contributed by atoms with E-state index in [1.54, 1.807) is 39.1 Å². The Hall–Kier alpha value is -2.32. The highest BCUT2D eigenvalue weighted by Crippen LogP contribution is 2.23. The zero-order valence-corrected chi connectivity index (χ0v) is 18.0. The van der Waals surface area contributed by atoms with E-state index in [1.165, 1.54) is 0 Å². The van der Waals surface area contributed by atoms with Crippen molar-refractivity contribution in [1.82, 2.24) is 14.8 Å². The average molecular weight is 480 g/mol. The molecular formula is C20H20BrClN4O3. The fourth-order valence-electron chi connectivity index (χ4n) is 3.51. The molecule has 152 valence electrons. The van der Waals surface area contributed by atoms with Crippen molar-refractivity contribution in [3.05, 3.63) is 52.1 Å². The van der Waals surface area contributed by atoms with Gasteiger partial charge >= 0.3 is 6.03 Å². The number of rotatable bonds is 5. The molecular weight excluding hydrogens is 460 g/mol. The van der Waals surface area contributed by atoms with Crippen LogP contribution in [0.15, 0.2) is 47.1 Å². The largest absolute Gasteiger partial charge is 0.472 e. The summed E-state index contributed by atoms with van der Waals surface area (Å²) in [5.41, 5.74) is 0.783. The van der Waals surface area contributed by atoms with Gasteiger partial charge < -0.3 is 14.5 Å². The molecule has 9 heteroatoms. The second kappa shape index (κ2) is 8.59. The lowest BCUT2D eigenvalue weighted by atomic mass is 10.3. The van der Waals surface area contributed by atoms with E-state index in [0.29, 0.717) is 37.1 Å². The number of halogens is 2. The van der Waals surface area contributed by atoms with E-state index in [-0.39, 0.29) is 24.6 Å². The summed E-state index contributed by atoms with van der Waals surface area (Å²) in [4.78, 5) is 34.6.